The van der Waals surface area contributed by atoms with Gasteiger partial charge in [0.25, 0.3) is 5.91 Å². The molecule has 254 valence electrons. The number of likely N-dealkylation sites (tertiary alicyclic amines) is 1. The van der Waals surface area contributed by atoms with Gasteiger partial charge in [-0.3, -0.25) is 19.2 Å². The molecule has 0 radical (unpaired) electrons. The molecule has 5 amide bonds. The van der Waals surface area contributed by atoms with Crippen LogP contribution in [0.1, 0.15) is 80.6 Å². The highest BCUT2D eigenvalue weighted by Crippen LogP contribution is 2.65. The molecule has 2 aliphatic carbocycles. The third-order valence-electron chi connectivity index (χ3n) is 10.5. The summed E-state index contributed by atoms with van der Waals surface area (Å²) in [5.41, 5.74) is 4.38. The molecular formula is C31H52N6O7S. The molecule has 2 saturated carbocycles. The van der Waals surface area contributed by atoms with Crippen molar-refractivity contribution in [3.8, 4) is 0 Å². The van der Waals surface area contributed by atoms with Gasteiger partial charge in [-0.15, -0.1) is 0 Å². The van der Waals surface area contributed by atoms with Crippen molar-refractivity contribution in [3.63, 3.8) is 0 Å². The molecule has 2 aliphatic heterocycles. The van der Waals surface area contributed by atoms with Crippen LogP contribution in [0.2, 0.25) is 0 Å². The maximum Gasteiger partial charge on any atom is 0.315 e. The molecule has 45 heavy (non-hydrogen) atoms. The third kappa shape index (κ3) is 7.47. The monoisotopic (exact) mass is 652 g/mol. The first kappa shape index (κ1) is 35.1. The molecule has 2 saturated heterocycles. The average molecular weight is 653 g/mol. The number of sulfonamides is 1. The third-order valence-corrected chi connectivity index (χ3v) is 12.5. The van der Waals surface area contributed by atoms with Crippen molar-refractivity contribution in [3.05, 3.63) is 0 Å². The largest absolute Gasteiger partial charge is 0.363 e. The lowest BCUT2D eigenvalue weighted by Gasteiger charge is -2.38. The molecule has 14 heteroatoms. The van der Waals surface area contributed by atoms with E-state index in [1.807, 2.05) is 48.5 Å². The molecular weight excluding hydrogens is 600 g/mol. The molecule has 5 N–H and O–H groups in total. The zero-order valence-corrected chi connectivity index (χ0v) is 28.5. The fourth-order valence-corrected chi connectivity index (χ4v) is 8.78. The number of primary amides is 1. The highest BCUT2D eigenvalue weighted by molar-refractivity contribution is 7.89. The number of hydrogen-bond donors (Lipinski definition) is 4. The van der Waals surface area contributed by atoms with E-state index in [1.165, 1.54) is 9.21 Å². The van der Waals surface area contributed by atoms with Gasteiger partial charge in [-0.1, -0.05) is 67.7 Å². The Balaban J connectivity index is 1.51. The van der Waals surface area contributed by atoms with Gasteiger partial charge in [-0.2, -0.15) is 4.31 Å². The van der Waals surface area contributed by atoms with Crippen LogP contribution in [0.4, 0.5) is 4.79 Å². The molecule has 1 unspecified atom stereocenters. The summed E-state index contributed by atoms with van der Waals surface area (Å²) in [6.07, 6.45) is 3.73. The second-order valence-electron chi connectivity index (χ2n) is 15.5. The molecule has 0 spiro atoms. The van der Waals surface area contributed by atoms with E-state index >= 15 is 0 Å². The van der Waals surface area contributed by atoms with Crippen molar-refractivity contribution in [2.45, 2.75) is 105 Å². The fourth-order valence-electron chi connectivity index (χ4n) is 7.23. The summed E-state index contributed by atoms with van der Waals surface area (Å²) in [7, 11) is -3.36. The number of carbonyl (C=O) groups is 5. The Labute approximate surface area is 267 Å². The van der Waals surface area contributed by atoms with E-state index < -0.39 is 69.1 Å². The number of urea groups is 1. The second kappa shape index (κ2) is 12.8. The van der Waals surface area contributed by atoms with Crippen molar-refractivity contribution in [2.24, 2.45) is 40.2 Å². The Morgan fingerprint density at radius 2 is 1.64 bits per heavy atom. The summed E-state index contributed by atoms with van der Waals surface area (Å²) in [5.74, 6) is -2.70. The zero-order chi connectivity index (χ0) is 33.6. The topological polar surface area (TPSA) is 188 Å². The van der Waals surface area contributed by atoms with Crippen LogP contribution >= 0.6 is 0 Å². The first-order chi connectivity index (χ1) is 20.8. The Morgan fingerprint density at radius 1 is 1.00 bits per heavy atom. The summed E-state index contributed by atoms with van der Waals surface area (Å²) in [6.45, 7) is 14.2. The summed E-state index contributed by atoms with van der Waals surface area (Å²) < 4.78 is 26.2. The number of rotatable bonds is 12. The molecule has 4 rings (SSSR count). The van der Waals surface area contributed by atoms with Crippen LogP contribution in [0.5, 0.6) is 0 Å². The van der Waals surface area contributed by atoms with Crippen LogP contribution in [0.25, 0.3) is 0 Å². The lowest BCUT2D eigenvalue weighted by atomic mass is 9.80. The van der Waals surface area contributed by atoms with Gasteiger partial charge in [0.1, 0.15) is 12.1 Å². The maximum atomic E-state index is 14.2. The van der Waals surface area contributed by atoms with Gasteiger partial charge in [0.15, 0.2) is 0 Å². The van der Waals surface area contributed by atoms with Crippen LogP contribution in [0.3, 0.4) is 0 Å². The van der Waals surface area contributed by atoms with E-state index in [0.717, 1.165) is 19.3 Å². The van der Waals surface area contributed by atoms with Crippen LogP contribution in [0.15, 0.2) is 0 Å². The van der Waals surface area contributed by atoms with E-state index in [4.69, 9.17) is 5.73 Å². The van der Waals surface area contributed by atoms with Crippen LogP contribution in [-0.4, -0.2) is 96.7 Å². The molecule has 0 aromatic rings. The van der Waals surface area contributed by atoms with Gasteiger partial charge in [0.05, 0.1) is 11.8 Å². The number of fused-ring (bicyclic) bond motifs is 1. The van der Waals surface area contributed by atoms with E-state index in [9.17, 15) is 32.4 Å². The summed E-state index contributed by atoms with van der Waals surface area (Å²) >= 11 is 0. The summed E-state index contributed by atoms with van der Waals surface area (Å²) in [4.78, 5) is 67.5. The smallest absolute Gasteiger partial charge is 0.315 e. The van der Waals surface area contributed by atoms with Crippen molar-refractivity contribution < 1.29 is 32.4 Å². The molecule has 4 aliphatic rings. The lowest BCUT2D eigenvalue weighted by molar-refractivity contribution is -0.145. The molecule has 6 atom stereocenters. The number of nitrogens with two attached hydrogens (primary N) is 1. The quantitative estimate of drug-likeness (QED) is 0.226. The molecule has 0 aromatic carbocycles. The lowest BCUT2D eigenvalue weighted by Crippen LogP contribution is -2.62. The predicted molar refractivity (Wildman–Crippen MR) is 168 cm³/mol. The second-order valence-corrected chi connectivity index (χ2v) is 17.6. The fraction of sp³-hybridized carbons (Fsp3) is 0.839. The normalized spacial score (nSPS) is 27.6. The number of hydrogen-bond acceptors (Lipinski definition) is 7. The number of piperidine rings is 1. The van der Waals surface area contributed by atoms with Crippen molar-refractivity contribution in [2.75, 3.05) is 25.4 Å². The van der Waals surface area contributed by atoms with Crippen molar-refractivity contribution in [1.29, 1.82) is 0 Å². The number of amides is 5. The molecule has 0 bridgehead atoms. The Hall–Kier alpha value is -2.74. The maximum absolute atomic E-state index is 14.2. The standard InChI is InChI=1S/C31H52N6O7S/c1-17(2)21(16-36-12-9-13-45(36,43)44)34-29(42)35-25(30(3,4)5)28(41)37-15-19-22(31(19,6)7)23(37)27(40)33-20(24(38)26(32)39)14-18-10-8-11-18/h17-23,25H,8-16H2,1-7H3,(H2,32,39)(H,33,40)(H2,34,35,42)/t19-,20?,21+,22-,23-,25+/m0/s1. The van der Waals surface area contributed by atoms with Gasteiger partial charge in [0, 0.05) is 25.7 Å². The number of carbonyl (C=O) groups excluding carboxylic acids is 5. The van der Waals surface area contributed by atoms with Crippen LogP contribution in [-0.2, 0) is 29.2 Å². The number of Topliss-reactive ketones (excluding diaryl/α,β-unsaturated/α-hetero) is 1. The summed E-state index contributed by atoms with van der Waals surface area (Å²) in [6, 6.07) is -4.01. The first-order valence-corrected chi connectivity index (χ1v) is 17.9. The Bertz CT molecular complexity index is 1310. The summed E-state index contributed by atoms with van der Waals surface area (Å²) in [5, 5.41) is 8.50. The van der Waals surface area contributed by atoms with Crippen LogP contribution < -0.4 is 21.7 Å². The Morgan fingerprint density at radius 3 is 2.13 bits per heavy atom. The van der Waals surface area contributed by atoms with Gasteiger partial charge in [-0.25, -0.2) is 13.2 Å². The number of nitrogens with one attached hydrogen (secondary N) is 3. The zero-order valence-electron chi connectivity index (χ0n) is 27.7. The Kier molecular flexibility index (Phi) is 10.00. The first-order valence-electron chi connectivity index (χ1n) is 16.2. The highest BCUT2D eigenvalue weighted by Gasteiger charge is 2.70. The van der Waals surface area contributed by atoms with Gasteiger partial charge >= 0.3 is 6.03 Å². The van der Waals surface area contributed by atoms with Crippen molar-refractivity contribution in [1.82, 2.24) is 25.2 Å². The minimum atomic E-state index is -3.36. The number of nitrogens with zero attached hydrogens (tertiary/aromatic N) is 2. The van der Waals surface area contributed by atoms with Gasteiger partial charge < -0.3 is 26.6 Å². The molecule has 4 fully saturated rings. The minimum absolute atomic E-state index is 0.0660. The predicted octanol–water partition coefficient (Wildman–Crippen LogP) is 0.973. The minimum Gasteiger partial charge on any atom is -0.363 e. The molecule has 2 heterocycles. The molecule has 13 nitrogen and oxygen atoms in total. The average Bonchev–Trinajstić information content (AvgIpc) is 3.20. The number of ketones is 1. The van der Waals surface area contributed by atoms with Crippen molar-refractivity contribution >= 4 is 39.6 Å². The van der Waals surface area contributed by atoms with E-state index in [2.05, 4.69) is 16.0 Å². The van der Waals surface area contributed by atoms with E-state index in [-0.39, 0.29) is 41.4 Å². The van der Waals surface area contributed by atoms with Gasteiger partial charge in [0.2, 0.25) is 27.6 Å². The molecule has 0 aromatic heterocycles. The SMILES string of the molecule is CC(C)[C@@H](CN1CCCS1(=O)=O)NC(=O)N[C@H](C(=O)N1C[C@H]2[C@@H]([C@H]1C(=O)NC(CC1CCC1)C(=O)C(N)=O)C2(C)C)C(C)(C)C. The van der Waals surface area contributed by atoms with Gasteiger partial charge in [-0.05, 0) is 47.3 Å². The highest BCUT2D eigenvalue weighted by atomic mass is 32.2. The van der Waals surface area contributed by atoms with Crippen LogP contribution in [0, 0.1) is 34.5 Å². The van der Waals surface area contributed by atoms with E-state index in [0.29, 0.717) is 25.9 Å². The van der Waals surface area contributed by atoms with E-state index in [1.54, 1.807) is 0 Å².